The third kappa shape index (κ3) is 8.14. The predicted molar refractivity (Wildman–Crippen MR) is 169 cm³/mol. The molecule has 0 saturated heterocycles. The summed E-state index contributed by atoms with van der Waals surface area (Å²) in [4.78, 5) is 0.196. The van der Waals surface area contributed by atoms with Crippen molar-refractivity contribution in [1.29, 1.82) is 0 Å². The van der Waals surface area contributed by atoms with Crippen LogP contribution in [0.5, 0.6) is 11.5 Å². The molecule has 0 aliphatic rings. The number of rotatable bonds is 13. The quantitative estimate of drug-likeness (QED) is 0.133. The van der Waals surface area contributed by atoms with E-state index < -0.39 is 15.9 Å². The predicted octanol–water partition coefficient (Wildman–Crippen LogP) is 6.85. The molecule has 0 saturated carbocycles. The Morgan fingerprint density at radius 1 is 0.952 bits per heavy atom. The summed E-state index contributed by atoms with van der Waals surface area (Å²) < 4.78 is 37.2. The highest BCUT2D eigenvalue weighted by atomic mass is 79.9. The molecule has 1 atom stereocenters. The van der Waals surface area contributed by atoms with Crippen molar-refractivity contribution in [2.45, 2.75) is 30.7 Å². The van der Waals surface area contributed by atoms with Gasteiger partial charge in [-0.15, -0.1) is 0 Å². The monoisotopic (exact) mass is 671 g/mol. The number of sulfone groups is 1. The van der Waals surface area contributed by atoms with Gasteiger partial charge >= 0.3 is 0 Å². The van der Waals surface area contributed by atoms with Crippen LogP contribution >= 0.6 is 27.5 Å². The summed E-state index contributed by atoms with van der Waals surface area (Å²) in [6.45, 7) is 3.63. The van der Waals surface area contributed by atoms with E-state index in [1.54, 1.807) is 30.3 Å². The van der Waals surface area contributed by atoms with Crippen molar-refractivity contribution in [3.05, 3.63) is 123 Å². The van der Waals surface area contributed by atoms with Crippen molar-refractivity contribution in [3.8, 4) is 22.6 Å². The Bertz CT molecular complexity index is 1660. The highest BCUT2D eigenvalue weighted by molar-refractivity contribution is 9.10. The Labute approximate surface area is 259 Å². The lowest BCUT2D eigenvalue weighted by Crippen LogP contribution is -2.33. The maximum atomic E-state index is 12.0. The minimum atomic E-state index is -3.38. The van der Waals surface area contributed by atoms with Crippen molar-refractivity contribution in [1.82, 2.24) is 5.32 Å². The number of hydrogen-bond acceptors (Lipinski definition) is 7. The molecule has 0 radical (unpaired) electrons. The number of halogens is 2. The standard InChI is InChI=1S/C32H31BrClNO6S/c1-21(37)29(18-36)35-17-25-15-28(34)31(16-30(25)40-19-22-8-6-12-26(14-22)42(2,38)39)41-20-24-11-7-13-27(32(24)33)23-9-4-3-5-10-23/h3-16,29,35-37H,1,17-20H2,2H3/t29-/m1/s1. The molecular formula is C32H31BrClNO6S. The number of aliphatic hydroxyl groups is 2. The molecular weight excluding hydrogens is 642 g/mol. The molecule has 0 unspecified atom stereocenters. The molecule has 0 spiro atoms. The largest absolute Gasteiger partial charge is 0.511 e. The molecule has 0 bridgehead atoms. The molecule has 220 valence electrons. The highest BCUT2D eigenvalue weighted by Gasteiger charge is 2.17. The molecule has 0 amide bonds. The van der Waals surface area contributed by atoms with Crippen LogP contribution in [0.1, 0.15) is 16.7 Å². The Hall–Kier alpha value is -3.34. The molecule has 0 aromatic heterocycles. The van der Waals surface area contributed by atoms with Crippen molar-refractivity contribution in [2.75, 3.05) is 12.9 Å². The Morgan fingerprint density at radius 2 is 1.67 bits per heavy atom. The summed E-state index contributed by atoms with van der Waals surface area (Å²) in [6.07, 6.45) is 1.15. The van der Waals surface area contributed by atoms with Gasteiger partial charge in [-0.2, -0.15) is 0 Å². The lowest BCUT2D eigenvalue weighted by atomic mass is 10.0. The first-order valence-corrected chi connectivity index (χ1v) is 16.0. The lowest BCUT2D eigenvalue weighted by Gasteiger charge is -2.19. The van der Waals surface area contributed by atoms with Gasteiger partial charge in [-0.05, 0) is 50.8 Å². The van der Waals surface area contributed by atoms with Crippen molar-refractivity contribution < 1.29 is 28.1 Å². The van der Waals surface area contributed by atoms with Crippen molar-refractivity contribution >= 4 is 37.4 Å². The first-order valence-electron chi connectivity index (χ1n) is 13.0. The molecule has 0 fully saturated rings. The van der Waals surface area contributed by atoms with E-state index in [-0.39, 0.29) is 37.0 Å². The van der Waals surface area contributed by atoms with Gasteiger partial charge in [0.15, 0.2) is 9.84 Å². The minimum absolute atomic E-state index is 0.0816. The second kappa shape index (κ2) is 14.2. The Morgan fingerprint density at radius 3 is 2.36 bits per heavy atom. The molecule has 4 aromatic carbocycles. The topological polar surface area (TPSA) is 105 Å². The molecule has 4 aromatic rings. The molecule has 0 aliphatic heterocycles. The smallest absolute Gasteiger partial charge is 0.175 e. The van der Waals surface area contributed by atoms with Crippen LogP contribution in [0.4, 0.5) is 0 Å². The van der Waals surface area contributed by atoms with E-state index in [0.717, 1.165) is 27.4 Å². The summed E-state index contributed by atoms with van der Waals surface area (Å²) in [5.41, 5.74) is 4.33. The molecule has 42 heavy (non-hydrogen) atoms. The summed E-state index contributed by atoms with van der Waals surface area (Å²) in [6, 6.07) is 25.1. The van der Waals surface area contributed by atoms with E-state index in [1.807, 2.05) is 48.5 Å². The van der Waals surface area contributed by atoms with Crippen LogP contribution in [0.25, 0.3) is 11.1 Å². The average molecular weight is 673 g/mol. The SMILES string of the molecule is C=C(O)[C@@H](CO)NCc1cc(Cl)c(OCc2cccc(-c3ccccc3)c2Br)cc1OCc1cccc(S(C)(=O)=O)c1. The third-order valence-electron chi connectivity index (χ3n) is 6.51. The first-order chi connectivity index (χ1) is 20.1. The molecule has 10 heteroatoms. The fourth-order valence-electron chi connectivity index (χ4n) is 4.19. The van der Waals surface area contributed by atoms with E-state index in [0.29, 0.717) is 27.6 Å². The normalized spacial score (nSPS) is 12.1. The van der Waals surface area contributed by atoms with Gasteiger partial charge in [0.25, 0.3) is 0 Å². The van der Waals surface area contributed by atoms with Crippen LogP contribution in [-0.4, -0.2) is 37.5 Å². The van der Waals surface area contributed by atoms with E-state index in [9.17, 15) is 18.6 Å². The molecule has 4 rings (SSSR count). The van der Waals surface area contributed by atoms with Gasteiger partial charge in [-0.1, -0.05) is 78.8 Å². The van der Waals surface area contributed by atoms with Gasteiger partial charge in [-0.25, -0.2) is 8.42 Å². The maximum Gasteiger partial charge on any atom is 0.175 e. The third-order valence-corrected chi connectivity index (χ3v) is 8.85. The molecule has 3 N–H and O–H groups in total. The van der Waals surface area contributed by atoms with Crippen LogP contribution in [0.3, 0.4) is 0 Å². The van der Waals surface area contributed by atoms with Gasteiger partial charge < -0.3 is 25.0 Å². The number of aliphatic hydroxyl groups excluding tert-OH is 2. The lowest BCUT2D eigenvalue weighted by molar-refractivity contribution is 0.220. The summed E-state index contributed by atoms with van der Waals surface area (Å²) >= 11 is 10.4. The Balaban J connectivity index is 1.59. The first kappa shape index (κ1) is 31.6. The molecule has 7 nitrogen and oxygen atoms in total. The fraction of sp³-hybridized carbons (Fsp3) is 0.188. The molecule has 0 aliphatic carbocycles. The van der Waals surface area contributed by atoms with Gasteiger partial charge in [0.2, 0.25) is 0 Å². The number of benzene rings is 4. The highest BCUT2D eigenvalue weighted by Crippen LogP contribution is 2.36. The average Bonchev–Trinajstić information content (AvgIpc) is 2.97. The van der Waals surface area contributed by atoms with Gasteiger partial charge in [-0.3, -0.25) is 0 Å². The van der Waals surface area contributed by atoms with E-state index >= 15 is 0 Å². The Kier molecular flexibility index (Phi) is 10.7. The van der Waals surface area contributed by atoms with Gasteiger partial charge in [0, 0.05) is 34.5 Å². The second-order valence-electron chi connectivity index (χ2n) is 9.64. The van der Waals surface area contributed by atoms with Crippen LogP contribution in [0.2, 0.25) is 5.02 Å². The number of hydrogen-bond donors (Lipinski definition) is 3. The zero-order valence-electron chi connectivity index (χ0n) is 22.9. The summed E-state index contributed by atoms with van der Waals surface area (Å²) in [5, 5.41) is 22.7. The van der Waals surface area contributed by atoms with E-state index in [2.05, 4.69) is 27.8 Å². The fourth-order valence-corrected chi connectivity index (χ4v) is 5.73. The number of ether oxygens (including phenoxy) is 2. The van der Waals surface area contributed by atoms with Crippen molar-refractivity contribution in [2.24, 2.45) is 0 Å². The molecule has 0 heterocycles. The zero-order valence-corrected chi connectivity index (χ0v) is 26.0. The van der Waals surface area contributed by atoms with Crippen LogP contribution in [0, 0.1) is 0 Å². The number of nitrogens with one attached hydrogen (secondary N) is 1. The van der Waals surface area contributed by atoms with Gasteiger partial charge in [0.1, 0.15) is 30.5 Å². The summed E-state index contributed by atoms with van der Waals surface area (Å²) in [7, 11) is -3.38. The van der Waals surface area contributed by atoms with E-state index in [1.165, 1.54) is 6.07 Å². The summed E-state index contributed by atoms with van der Waals surface area (Å²) in [5.74, 6) is 0.624. The zero-order chi connectivity index (χ0) is 30.3. The van der Waals surface area contributed by atoms with Crippen LogP contribution in [0.15, 0.2) is 107 Å². The van der Waals surface area contributed by atoms with E-state index in [4.69, 9.17) is 21.1 Å². The van der Waals surface area contributed by atoms with Crippen LogP contribution in [-0.2, 0) is 29.6 Å². The van der Waals surface area contributed by atoms with Crippen LogP contribution < -0.4 is 14.8 Å². The van der Waals surface area contributed by atoms with Crippen molar-refractivity contribution in [3.63, 3.8) is 0 Å². The van der Waals surface area contributed by atoms with Gasteiger partial charge in [0.05, 0.1) is 22.6 Å². The second-order valence-corrected chi connectivity index (χ2v) is 12.9. The maximum absolute atomic E-state index is 12.0. The minimum Gasteiger partial charge on any atom is -0.511 e.